The first-order chi connectivity index (χ1) is 20.5. The molecule has 10 heteroatoms. The van der Waals surface area contributed by atoms with E-state index in [0.717, 1.165) is 30.0 Å². The SMILES string of the molecule is CCCCCCCCCCCCCCCCCNC(=O)OCCSCCOC(=O)N(Cc1cccc[n+]1CC)C(C)=O.[I-]. The van der Waals surface area contributed by atoms with Crippen LogP contribution in [0.25, 0.3) is 0 Å². The molecule has 0 spiro atoms. The molecular formula is C33H58IN3O5S. The minimum absolute atomic E-state index is 0. The molecule has 0 unspecified atom stereocenters. The summed E-state index contributed by atoms with van der Waals surface area (Å²) in [4.78, 5) is 37.4. The van der Waals surface area contributed by atoms with Gasteiger partial charge in [-0.2, -0.15) is 11.8 Å². The molecule has 0 atom stereocenters. The normalized spacial score (nSPS) is 10.6. The molecule has 43 heavy (non-hydrogen) atoms. The van der Waals surface area contributed by atoms with Crippen molar-refractivity contribution in [1.82, 2.24) is 10.2 Å². The van der Waals surface area contributed by atoms with Crippen molar-refractivity contribution in [3.63, 3.8) is 0 Å². The Bertz CT molecular complexity index is 862. The van der Waals surface area contributed by atoms with Crippen LogP contribution in [0, 0.1) is 0 Å². The van der Waals surface area contributed by atoms with Crippen LogP contribution in [-0.4, -0.2) is 54.3 Å². The lowest BCUT2D eigenvalue weighted by molar-refractivity contribution is -0.701. The van der Waals surface area contributed by atoms with Gasteiger partial charge < -0.3 is 38.8 Å². The highest BCUT2D eigenvalue weighted by Gasteiger charge is 2.23. The number of carbonyl (C=O) groups excluding carboxylic acids is 3. The minimum atomic E-state index is -0.649. The quantitative estimate of drug-likeness (QED) is 0.0882. The molecule has 1 aromatic heterocycles. The molecule has 0 aliphatic heterocycles. The summed E-state index contributed by atoms with van der Waals surface area (Å²) in [5, 5.41) is 2.82. The summed E-state index contributed by atoms with van der Waals surface area (Å²) in [6.45, 7) is 7.67. The van der Waals surface area contributed by atoms with Gasteiger partial charge in [-0.25, -0.2) is 19.1 Å². The molecular weight excluding hydrogens is 677 g/mol. The second kappa shape index (κ2) is 29.2. The maximum Gasteiger partial charge on any atom is 0.417 e. The zero-order valence-corrected chi connectivity index (χ0v) is 30.1. The monoisotopic (exact) mass is 735 g/mol. The standard InChI is InChI=1S/C33H57N3O5S.HI/c1-4-6-7-8-9-10-11-12-13-14-15-16-17-18-20-23-34-32(38)40-25-27-42-28-26-41-33(39)36(30(3)37)29-31-22-19-21-24-35(31)5-2;/h19,21-22,24H,4-18,20,23,25-29H2,1-3H3;1H. The van der Waals surface area contributed by atoms with Crippen molar-refractivity contribution in [2.24, 2.45) is 0 Å². The number of halogens is 1. The van der Waals surface area contributed by atoms with E-state index in [9.17, 15) is 14.4 Å². The molecule has 0 aliphatic carbocycles. The van der Waals surface area contributed by atoms with Crippen LogP contribution >= 0.6 is 11.8 Å². The van der Waals surface area contributed by atoms with Crippen molar-refractivity contribution in [2.75, 3.05) is 31.3 Å². The lowest BCUT2D eigenvalue weighted by Gasteiger charge is -2.17. The number of alkyl carbamates (subject to hydrolysis) is 1. The lowest BCUT2D eigenvalue weighted by Crippen LogP contribution is -3.00. The number of rotatable bonds is 25. The molecule has 0 bridgehead atoms. The smallest absolute Gasteiger partial charge is 0.417 e. The van der Waals surface area contributed by atoms with Gasteiger partial charge in [0.15, 0.2) is 6.20 Å². The van der Waals surface area contributed by atoms with E-state index in [1.807, 2.05) is 35.9 Å². The van der Waals surface area contributed by atoms with Crippen LogP contribution in [0.15, 0.2) is 24.4 Å². The van der Waals surface area contributed by atoms with E-state index >= 15 is 0 Å². The number of aryl methyl sites for hydroxylation is 1. The van der Waals surface area contributed by atoms with Gasteiger partial charge in [-0.15, -0.1) is 0 Å². The Balaban J connectivity index is 0.0000176. The largest absolute Gasteiger partial charge is 1.00 e. The summed E-state index contributed by atoms with van der Waals surface area (Å²) >= 11 is 1.53. The van der Waals surface area contributed by atoms with Gasteiger partial charge in [-0.1, -0.05) is 103 Å². The lowest BCUT2D eigenvalue weighted by atomic mass is 10.0. The van der Waals surface area contributed by atoms with Crippen molar-refractivity contribution in [3.8, 4) is 0 Å². The summed E-state index contributed by atoms with van der Waals surface area (Å²) in [5.74, 6) is 0.811. The predicted octanol–water partition coefficient (Wildman–Crippen LogP) is 4.81. The van der Waals surface area contributed by atoms with Crippen molar-refractivity contribution in [2.45, 2.75) is 130 Å². The number of unbranched alkanes of at least 4 members (excludes halogenated alkanes) is 14. The van der Waals surface area contributed by atoms with E-state index in [0.29, 0.717) is 24.7 Å². The van der Waals surface area contributed by atoms with Crippen LogP contribution in [0.1, 0.15) is 123 Å². The summed E-state index contributed by atoms with van der Waals surface area (Å²) in [6.07, 6.45) is 20.7. The Morgan fingerprint density at radius 2 is 1.33 bits per heavy atom. The highest BCUT2D eigenvalue weighted by atomic mass is 127. The fraction of sp³-hybridized carbons (Fsp3) is 0.758. The number of aromatic nitrogens is 1. The fourth-order valence-electron chi connectivity index (χ4n) is 4.73. The summed E-state index contributed by atoms with van der Waals surface area (Å²) in [7, 11) is 0. The fourth-order valence-corrected chi connectivity index (χ4v) is 5.34. The van der Waals surface area contributed by atoms with Gasteiger partial charge in [-0.3, -0.25) is 4.79 Å². The number of nitrogens with zero attached hydrogens (tertiary/aromatic N) is 2. The first-order valence-corrected chi connectivity index (χ1v) is 17.6. The topological polar surface area (TPSA) is 88.8 Å². The number of carbonyl (C=O) groups is 3. The van der Waals surface area contributed by atoms with E-state index < -0.39 is 6.09 Å². The van der Waals surface area contributed by atoms with Gasteiger partial charge in [0.2, 0.25) is 11.6 Å². The van der Waals surface area contributed by atoms with Crippen LogP contribution in [0.2, 0.25) is 0 Å². The average molecular weight is 736 g/mol. The van der Waals surface area contributed by atoms with Gasteiger partial charge in [0, 0.05) is 37.1 Å². The second-order valence-electron chi connectivity index (χ2n) is 10.8. The summed E-state index contributed by atoms with van der Waals surface area (Å²) in [6, 6.07) is 5.68. The highest BCUT2D eigenvalue weighted by Crippen LogP contribution is 2.13. The third-order valence-corrected chi connectivity index (χ3v) is 8.17. The molecule has 3 amide bonds. The molecule has 1 rings (SSSR count). The van der Waals surface area contributed by atoms with Gasteiger partial charge in [0.1, 0.15) is 26.3 Å². The first kappa shape index (κ1) is 41.4. The third kappa shape index (κ3) is 22.6. The Morgan fingerprint density at radius 3 is 1.86 bits per heavy atom. The second-order valence-corrected chi connectivity index (χ2v) is 12.0. The van der Waals surface area contributed by atoms with Crippen LogP contribution in [0.3, 0.4) is 0 Å². The molecule has 0 saturated carbocycles. The number of pyridine rings is 1. The van der Waals surface area contributed by atoms with Gasteiger partial charge in [-0.05, 0) is 13.3 Å². The van der Waals surface area contributed by atoms with Crippen LogP contribution in [0.5, 0.6) is 0 Å². The zero-order valence-electron chi connectivity index (χ0n) is 27.1. The van der Waals surface area contributed by atoms with E-state index in [2.05, 4.69) is 12.2 Å². The number of imide groups is 1. The highest BCUT2D eigenvalue weighted by molar-refractivity contribution is 7.99. The number of amides is 3. The van der Waals surface area contributed by atoms with E-state index in [1.54, 1.807) is 0 Å². The molecule has 248 valence electrons. The molecule has 8 nitrogen and oxygen atoms in total. The number of hydrogen-bond donors (Lipinski definition) is 1. The van der Waals surface area contributed by atoms with Crippen LogP contribution < -0.4 is 33.9 Å². The van der Waals surface area contributed by atoms with Gasteiger partial charge >= 0.3 is 12.2 Å². The molecule has 0 fully saturated rings. The number of thioether (sulfide) groups is 1. The Morgan fingerprint density at radius 1 is 0.791 bits per heavy atom. The minimum Gasteiger partial charge on any atom is -1.00 e. The van der Waals surface area contributed by atoms with Crippen molar-refractivity contribution < 1.29 is 52.4 Å². The van der Waals surface area contributed by atoms with E-state index in [4.69, 9.17) is 9.47 Å². The molecule has 0 aliphatic rings. The van der Waals surface area contributed by atoms with E-state index in [1.165, 1.54) is 102 Å². The Kier molecular flexibility index (Phi) is 28.1. The van der Waals surface area contributed by atoms with Crippen molar-refractivity contribution in [1.29, 1.82) is 0 Å². The van der Waals surface area contributed by atoms with Gasteiger partial charge in [0.25, 0.3) is 0 Å². The maximum atomic E-state index is 12.4. The third-order valence-electron chi connectivity index (χ3n) is 7.26. The molecule has 0 aromatic carbocycles. The van der Waals surface area contributed by atoms with Gasteiger partial charge in [0.05, 0.1) is 0 Å². The van der Waals surface area contributed by atoms with Crippen molar-refractivity contribution in [3.05, 3.63) is 30.1 Å². The molecule has 1 N–H and O–H groups in total. The zero-order chi connectivity index (χ0) is 30.7. The number of hydrogen-bond acceptors (Lipinski definition) is 6. The molecule has 0 saturated heterocycles. The summed E-state index contributed by atoms with van der Waals surface area (Å²) < 4.78 is 12.5. The Hall–Kier alpha value is -1.56. The number of ether oxygens (including phenoxy) is 2. The predicted molar refractivity (Wildman–Crippen MR) is 171 cm³/mol. The Labute approximate surface area is 282 Å². The van der Waals surface area contributed by atoms with E-state index in [-0.39, 0.29) is 49.1 Å². The molecule has 0 radical (unpaired) electrons. The average Bonchev–Trinajstić information content (AvgIpc) is 2.99. The maximum absolute atomic E-state index is 12.4. The molecule has 1 aromatic rings. The molecule has 1 heterocycles. The first-order valence-electron chi connectivity index (χ1n) is 16.4. The van der Waals surface area contributed by atoms with Crippen LogP contribution in [0.4, 0.5) is 9.59 Å². The van der Waals surface area contributed by atoms with Crippen LogP contribution in [-0.2, 0) is 27.4 Å². The van der Waals surface area contributed by atoms with Crippen molar-refractivity contribution >= 4 is 29.9 Å². The number of nitrogens with one attached hydrogen (secondary N) is 1. The summed E-state index contributed by atoms with van der Waals surface area (Å²) in [5.41, 5.74) is 0.858.